The zero-order chi connectivity index (χ0) is 13.1. The maximum atomic E-state index is 10.6. The van der Waals surface area contributed by atoms with Gasteiger partial charge in [-0.25, -0.2) is 14.8 Å². The van der Waals surface area contributed by atoms with Crippen LogP contribution in [0.3, 0.4) is 0 Å². The smallest absolute Gasteiger partial charge is 0.356 e. The fourth-order valence-electron chi connectivity index (χ4n) is 1.41. The second-order valence-electron chi connectivity index (χ2n) is 3.68. The minimum absolute atomic E-state index is 0.0895. The third-order valence-corrected chi connectivity index (χ3v) is 2.56. The number of nitrogens with one attached hydrogen (secondary N) is 1. The van der Waals surface area contributed by atoms with E-state index in [1.54, 1.807) is 6.07 Å². The molecule has 0 saturated heterocycles. The fourth-order valence-corrected chi connectivity index (χ4v) is 1.63. The zero-order valence-electron chi connectivity index (χ0n) is 9.51. The van der Waals surface area contributed by atoms with Gasteiger partial charge >= 0.3 is 5.97 Å². The predicted molar refractivity (Wildman–Crippen MR) is 68.5 cm³/mol. The van der Waals surface area contributed by atoms with Crippen LogP contribution in [-0.4, -0.2) is 21.0 Å². The first-order valence-corrected chi connectivity index (χ1v) is 5.52. The van der Waals surface area contributed by atoms with Crippen molar-refractivity contribution >= 4 is 29.1 Å². The molecule has 0 bridgehead atoms. The molecule has 2 aromatic rings. The summed E-state index contributed by atoms with van der Waals surface area (Å²) in [6.45, 7) is 1.91. The van der Waals surface area contributed by atoms with Gasteiger partial charge in [0.2, 0.25) is 0 Å². The minimum Gasteiger partial charge on any atom is -0.476 e. The highest BCUT2D eigenvalue weighted by molar-refractivity contribution is 6.30. The van der Waals surface area contributed by atoms with Crippen molar-refractivity contribution in [3.63, 3.8) is 0 Å². The van der Waals surface area contributed by atoms with Crippen LogP contribution in [0.1, 0.15) is 16.1 Å². The van der Waals surface area contributed by atoms with Crippen molar-refractivity contribution in [3.05, 3.63) is 46.9 Å². The molecular weight excluding hydrogens is 254 g/mol. The molecule has 0 aliphatic carbocycles. The summed E-state index contributed by atoms with van der Waals surface area (Å²) in [6.07, 6.45) is 2.58. The molecule has 0 radical (unpaired) electrons. The van der Waals surface area contributed by atoms with Gasteiger partial charge < -0.3 is 10.4 Å². The fraction of sp³-hybridized carbons (Fsp3) is 0.0833. The molecule has 6 heteroatoms. The lowest BCUT2D eigenvalue weighted by Gasteiger charge is -2.08. The number of carboxylic acid groups (broad SMARTS) is 1. The van der Waals surface area contributed by atoms with Crippen molar-refractivity contribution in [2.75, 3.05) is 5.32 Å². The lowest BCUT2D eigenvalue weighted by atomic mass is 10.2. The van der Waals surface area contributed by atoms with Gasteiger partial charge in [-0.2, -0.15) is 0 Å². The molecule has 0 amide bonds. The highest BCUT2D eigenvalue weighted by Gasteiger charge is 2.05. The number of benzene rings is 1. The SMILES string of the molecule is Cc1cc(Cl)ccc1Nc1cnc(C(=O)O)cn1. The number of aromatic nitrogens is 2. The summed E-state index contributed by atoms with van der Waals surface area (Å²) in [5.74, 6) is -0.623. The van der Waals surface area contributed by atoms with E-state index in [1.807, 2.05) is 19.1 Å². The van der Waals surface area contributed by atoms with Gasteiger partial charge in [0.05, 0.1) is 12.4 Å². The molecular formula is C12H10ClN3O2. The van der Waals surface area contributed by atoms with E-state index in [-0.39, 0.29) is 5.69 Å². The van der Waals surface area contributed by atoms with E-state index >= 15 is 0 Å². The summed E-state index contributed by atoms with van der Waals surface area (Å²) in [5, 5.41) is 12.4. The molecule has 1 aromatic heterocycles. The van der Waals surface area contributed by atoms with Crippen LogP contribution in [0, 0.1) is 6.92 Å². The summed E-state index contributed by atoms with van der Waals surface area (Å²) in [7, 11) is 0. The lowest BCUT2D eigenvalue weighted by molar-refractivity contribution is 0.0690. The summed E-state index contributed by atoms with van der Waals surface area (Å²) in [5.41, 5.74) is 1.72. The van der Waals surface area contributed by atoms with Gasteiger partial charge in [0.1, 0.15) is 5.82 Å². The Morgan fingerprint density at radius 1 is 1.33 bits per heavy atom. The molecule has 1 heterocycles. The van der Waals surface area contributed by atoms with Crippen molar-refractivity contribution in [2.45, 2.75) is 6.92 Å². The van der Waals surface area contributed by atoms with E-state index in [2.05, 4.69) is 15.3 Å². The molecule has 0 atom stereocenters. The van der Waals surface area contributed by atoms with Crippen LogP contribution in [0.25, 0.3) is 0 Å². The molecule has 0 aliphatic heterocycles. The topological polar surface area (TPSA) is 75.1 Å². The lowest BCUT2D eigenvalue weighted by Crippen LogP contribution is -2.03. The summed E-state index contributed by atoms with van der Waals surface area (Å²) < 4.78 is 0. The highest BCUT2D eigenvalue weighted by Crippen LogP contribution is 2.22. The van der Waals surface area contributed by atoms with E-state index < -0.39 is 5.97 Å². The molecule has 2 rings (SSSR count). The first-order chi connectivity index (χ1) is 8.56. The molecule has 18 heavy (non-hydrogen) atoms. The highest BCUT2D eigenvalue weighted by atomic mass is 35.5. The number of carbonyl (C=O) groups is 1. The van der Waals surface area contributed by atoms with Gasteiger partial charge in [-0.05, 0) is 30.7 Å². The standard InChI is InChI=1S/C12H10ClN3O2/c1-7-4-8(13)2-3-9(7)16-11-6-14-10(5-15-11)12(17)18/h2-6H,1H3,(H,15,16)(H,17,18). The molecule has 92 valence electrons. The van der Waals surface area contributed by atoms with Crippen molar-refractivity contribution < 1.29 is 9.90 Å². The van der Waals surface area contributed by atoms with E-state index in [0.29, 0.717) is 10.8 Å². The molecule has 0 saturated carbocycles. The molecule has 0 unspecified atom stereocenters. The summed E-state index contributed by atoms with van der Waals surface area (Å²) >= 11 is 5.85. The van der Waals surface area contributed by atoms with Crippen molar-refractivity contribution in [1.29, 1.82) is 0 Å². The minimum atomic E-state index is -1.10. The Bertz CT molecular complexity index is 584. The Hall–Kier alpha value is -2.14. The largest absolute Gasteiger partial charge is 0.476 e. The van der Waals surface area contributed by atoms with Crippen molar-refractivity contribution in [3.8, 4) is 0 Å². The molecule has 5 nitrogen and oxygen atoms in total. The Labute approximate surface area is 108 Å². The number of nitrogens with zero attached hydrogens (tertiary/aromatic N) is 2. The van der Waals surface area contributed by atoms with Gasteiger partial charge in [0, 0.05) is 10.7 Å². The van der Waals surface area contributed by atoms with Gasteiger partial charge in [-0.15, -0.1) is 0 Å². The second-order valence-corrected chi connectivity index (χ2v) is 4.11. The maximum absolute atomic E-state index is 10.6. The van der Waals surface area contributed by atoms with Crippen LogP contribution in [-0.2, 0) is 0 Å². The first kappa shape index (κ1) is 12.3. The number of hydrogen-bond donors (Lipinski definition) is 2. The van der Waals surface area contributed by atoms with Gasteiger partial charge in [-0.1, -0.05) is 11.6 Å². The number of anilines is 2. The Balaban J connectivity index is 2.21. The van der Waals surface area contributed by atoms with Crippen LogP contribution in [0.5, 0.6) is 0 Å². The normalized spacial score (nSPS) is 10.1. The number of rotatable bonds is 3. The Morgan fingerprint density at radius 2 is 2.11 bits per heavy atom. The molecule has 0 spiro atoms. The van der Waals surface area contributed by atoms with Crippen LogP contribution in [0.4, 0.5) is 11.5 Å². The molecule has 0 fully saturated rings. The van der Waals surface area contributed by atoms with Gasteiger partial charge in [0.25, 0.3) is 0 Å². The van der Waals surface area contributed by atoms with Gasteiger partial charge in [0.15, 0.2) is 5.69 Å². The van der Waals surface area contributed by atoms with E-state index in [1.165, 1.54) is 12.4 Å². The number of aromatic carboxylic acids is 1. The molecule has 1 aromatic carbocycles. The maximum Gasteiger partial charge on any atom is 0.356 e. The Kier molecular flexibility index (Phi) is 3.43. The van der Waals surface area contributed by atoms with Crippen molar-refractivity contribution in [2.24, 2.45) is 0 Å². The summed E-state index contributed by atoms with van der Waals surface area (Å²) in [4.78, 5) is 18.4. The third kappa shape index (κ3) is 2.75. The van der Waals surface area contributed by atoms with Crippen LogP contribution >= 0.6 is 11.6 Å². The number of carboxylic acids is 1. The Morgan fingerprint density at radius 3 is 2.67 bits per heavy atom. The average molecular weight is 264 g/mol. The first-order valence-electron chi connectivity index (χ1n) is 5.15. The number of halogens is 1. The average Bonchev–Trinajstić information content (AvgIpc) is 2.33. The molecule has 2 N–H and O–H groups in total. The van der Waals surface area contributed by atoms with Crippen molar-refractivity contribution in [1.82, 2.24) is 9.97 Å². The van der Waals surface area contributed by atoms with Crippen LogP contribution in [0.15, 0.2) is 30.6 Å². The van der Waals surface area contributed by atoms with E-state index in [9.17, 15) is 4.79 Å². The predicted octanol–water partition coefficient (Wildman–Crippen LogP) is 2.88. The third-order valence-electron chi connectivity index (χ3n) is 2.32. The monoisotopic (exact) mass is 263 g/mol. The molecule has 0 aliphatic rings. The van der Waals surface area contributed by atoms with Crippen LogP contribution in [0.2, 0.25) is 5.02 Å². The summed E-state index contributed by atoms with van der Waals surface area (Å²) in [6, 6.07) is 5.41. The quantitative estimate of drug-likeness (QED) is 0.891. The van der Waals surface area contributed by atoms with Crippen LogP contribution < -0.4 is 5.32 Å². The zero-order valence-corrected chi connectivity index (χ0v) is 10.3. The van der Waals surface area contributed by atoms with E-state index in [0.717, 1.165) is 11.3 Å². The van der Waals surface area contributed by atoms with Gasteiger partial charge in [-0.3, -0.25) is 0 Å². The second kappa shape index (κ2) is 5.01. The number of hydrogen-bond acceptors (Lipinski definition) is 4. The number of aryl methyl sites for hydroxylation is 1. The van der Waals surface area contributed by atoms with E-state index in [4.69, 9.17) is 16.7 Å².